The van der Waals surface area contributed by atoms with Crippen molar-refractivity contribution >= 4 is 26.7 Å². The number of hydrogen-bond donors (Lipinski definition) is 1. The highest BCUT2D eigenvalue weighted by Crippen LogP contribution is 2.27. The van der Waals surface area contributed by atoms with Crippen LogP contribution in [-0.4, -0.2) is 4.98 Å². The largest absolute Gasteiger partial charge is 0.324 e. The van der Waals surface area contributed by atoms with Gasteiger partial charge in [-0.15, -0.1) is 0 Å². The Balaban J connectivity index is 1.96. The minimum atomic E-state index is -0.219. The quantitative estimate of drug-likeness (QED) is 0.765. The second-order valence-corrected chi connectivity index (χ2v) is 5.88. The van der Waals surface area contributed by atoms with Crippen molar-refractivity contribution in [3.05, 3.63) is 76.3 Å². The average molecular weight is 345 g/mol. The summed E-state index contributed by atoms with van der Waals surface area (Å²) < 4.78 is 14.8. The van der Waals surface area contributed by atoms with E-state index in [1.807, 2.05) is 30.3 Å². The number of fused-ring (bicyclic) bond motifs is 1. The predicted octanol–water partition coefficient (Wildman–Crippen LogP) is 4.38. The van der Waals surface area contributed by atoms with Crippen molar-refractivity contribution in [3.8, 4) is 0 Å². The van der Waals surface area contributed by atoms with E-state index in [0.717, 1.165) is 21.1 Å². The van der Waals surface area contributed by atoms with E-state index in [4.69, 9.17) is 5.73 Å². The van der Waals surface area contributed by atoms with Gasteiger partial charge in [-0.25, -0.2) is 4.39 Å². The monoisotopic (exact) mass is 344 g/mol. The molecule has 21 heavy (non-hydrogen) atoms. The van der Waals surface area contributed by atoms with Crippen LogP contribution in [0.15, 0.2) is 59.2 Å². The number of nitrogens with zero attached hydrogens (tertiary/aromatic N) is 1. The zero-order valence-electron chi connectivity index (χ0n) is 11.3. The number of rotatable bonds is 3. The summed E-state index contributed by atoms with van der Waals surface area (Å²) in [5, 5.41) is 1.47. The van der Waals surface area contributed by atoms with Crippen molar-refractivity contribution in [1.82, 2.24) is 4.98 Å². The van der Waals surface area contributed by atoms with Gasteiger partial charge in [0.25, 0.3) is 0 Å². The van der Waals surface area contributed by atoms with Gasteiger partial charge >= 0.3 is 0 Å². The number of benzene rings is 2. The molecule has 0 aliphatic carbocycles. The van der Waals surface area contributed by atoms with Gasteiger partial charge in [-0.1, -0.05) is 30.3 Å². The van der Waals surface area contributed by atoms with Crippen LogP contribution in [0.4, 0.5) is 4.39 Å². The Morgan fingerprint density at radius 3 is 2.52 bits per heavy atom. The molecule has 3 aromatic rings. The van der Waals surface area contributed by atoms with Gasteiger partial charge in [0, 0.05) is 34.2 Å². The fourth-order valence-electron chi connectivity index (χ4n) is 2.47. The van der Waals surface area contributed by atoms with Crippen LogP contribution in [-0.2, 0) is 6.42 Å². The molecule has 4 heteroatoms. The molecule has 0 saturated carbocycles. The lowest BCUT2D eigenvalue weighted by molar-refractivity contribution is 0.637. The van der Waals surface area contributed by atoms with E-state index in [9.17, 15) is 4.39 Å². The number of pyridine rings is 1. The molecule has 2 nitrogen and oxygen atoms in total. The van der Waals surface area contributed by atoms with Crippen LogP contribution in [0.1, 0.15) is 17.3 Å². The van der Waals surface area contributed by atoms with Crippen molar-refractivity contribution in [3.63, 3.8) is 0 Å². The Labute approximate surface area is 130 Å². The lowest BCUT2D eigenvalue weighted by Crippen LogP contribution is -2.14. The third-order valence-electron chi connectivity index (χ3n) is 3.52. The molecule has 0 fully saturated rings. The fourth-order valence-corrected chi connectivity index (χ4v) is 2.71. The molecular formula is C17H14BrFN2. The van der Waals surface area contributed by atoms with Gasteiger partial charge in [-0.05, 0) is 45.1 Å². The zero-order valence-corrected chi connectivity index (χ0v) is 12.8. The predicted molar refractivity (Wildman–Crippen MR) is 86.5 cm³/mol. The topological polar surface area (TPSA) is 38.9 Å². The van der Waals surface area contributed by atoms with Crippen molar-refractivity contribution in [1.29, 1.82) is 0 Å². The highest BCUT2D eigenvalue weighted by molar-refractivity contribution is 9.10. The van der Waals surface area contributed by atoms with Crippen LogP contribution in [0.25, 0.3) is 10.8 Å². The molecule has 0 aliphatic rings. The van der Waals surface area contributed by atoms with Crippen LogP contribution in [0.2, 0.25) is 0 Å². The smallest absolute Gasteiger partial charge is 0.131 e. The molecule has 2 aromatic carbocycles. The highest BCUT2D eigenvalue weighted by Gasteiger charge is 2.13. The molecule has 1 heterocycles. The number of nitrogens with two attached hydrogens (primary N) is 1. The third-order valence-corrected chi connectivity index (χ3v) is 3.99. The molecule has 2 N–H and O–H groups in total. The van der Waals surface area contributed by atoms with Crippen LogP contribution in [0.3, 0.4) is 0 Å². The van der Waals surface area contributed by atoms with Gasteiger partial charge in [-0.3, -0.25) is 4.98 Å². The lowest BCUT2D eigenvalue weighted by Gasteiger charge is -2.15. The van der Waals surface area contributed by atoms with Crippen molar-refractivity contribution in [2.24, 2.45) is 5.73 Å². The molecule has 1 atom stereocenters. The Morgan fingerprint density at radius 2 is 1.81 bits per heavy atom. The maximum atomic E-state index is 13.8. The first-order chi connectivity index (χ1) is 10.1. The van der Waals surface area contributed by atoms with Gasteiger partial charge in [0.1, 0.15) is 5.82 Å². The summed E-state index contributed by atoms with van der Waals surface area (Å²) in [4.78, 5) is 4.34. The van der Waals surface area contributed by atoms with Crippen LogP contribution >= 0.6 is 15.9 Å². The number of aromatic nitrogens is 1. The maximum Gasteiger partial charge on any atom is 0.131 e. The summed E-state index contributed by atoms with van der Waals surface area (Å²) in [5.41, 5.74) is 8.16. The average Bonchev–Trinajstić information content (AvgIpc) is 2.50. The summed E-state index contributed by atoms with van der Waals surface area (Å²) in [5.74, 6) is -0.219. The normalized spacial score (nSPS) is 12.5. The summed E-state index contributed by atoms with van der Waals surface area (Å²) in [6.07, 6.45) is 2.37. The third kappa shape index (κ3) is 2.96. The van der Waals surface area contributed by atoms with E-state index in [1.54, 1.807) is 18.3 Å². The molecule has 1 unspecified atom stereocenters. The molecule has 106 valence electrons. The van der Waals surface area contributed by atoms with Crippen LogP contribution in [0.5, 0.6) is 0 Å². The molecule has 0 aliphatic heterocycles. The highest BCUT2D eigenvalue weighted by atomic mass is 79.9. The summed E-state index contributed by atoms with van der Waals surface area (Å²) >= 11 is 3.36. The Bertz CT molecular complexity index is 771. The SMILES string of the molecule is NC(Cc1ccc(Br)cn1)c1ccc(F)c2ccccc12. The van der Waals surface area contributed by atoms with Crippen molar-refractivity contribution in [2.75, 3.05) is 0 Å². The molecule has 0 radical (unpaired) electrons. The Morgan fingerprint density at radius 1 is 1.05 bits per heavy atom. The van der Waals surface area contributed by atoms with E-state index in [-0.39, 0.29) is 11.9 Å². The van der Waals surface area contributed by atoms with E-state index >= 15 is 0 Å². The van der Waals surface area contributed by atoms with E-state index < -0.39 is 0 Å². The minimum absolute atomic E-state index is 0.218. The molecule has 0 spiro atoms. The molecule has 0 bridgehead atoms. The summed E-state index contributed by atoms with van der Waals surface area (Å²) in [6.45, 7) is 0. The fraction of sp³-hybridized carbons (Fsp3) is 0.118. The Kier molecular flexibility index (Phi) is 3.99. The summed E-state index contributed by atoms with van der Waals surface area (Å²) in [7, 11) is 0. The van der Waals surface area contributed by atoms with Gasteiger partial charge in [0.2, 0.25) is 0 Å². The van der Waals surface area contributed by atoms with Crippen molar-refractivity contribution < 1.29 is 4.39 Å². The van der Waals surface area contributed by atoms with Gasteiger partial charge in [-0.2, -0.15) is 0 Å². The second-order valence-electron chi connectivity index (χ2n) is 4.96. The first kappa shape index (κ1) is 14.2. The van der Waals surface area contributed by atoms with Crippen LogP contribution in [0, 0.1) is 5.82 Å². The summed E-state index contributed by atoms with van der Waals surface area (Å²) in [6, 6.07) is 14.3. The first-order valence-corrected chi connectivity index (χ1v) is 7.47. The number of hydrogen-bond acceptors (Lipinski definition) is 2. The molecule has 0 amide bonds. The van der Waals surface area contributed by atoms with Gasteiger partial charge in [0.05, 0.1) is 0 Å². The van der Waals surface area contributed by atoms with Crippen LogP contribution < -0.4 is 5.73 Å². The van der Waals surface area contributed by atoms with Crippen molar-refractivity contribution in [2.45, 2.75) is 12.5 Å². The van der Waals surface area contributed by atoms with E-state index in [0.29, 0.717) is 11.8 Å². The second kappa shape index (κ2) is 5.92. The van der Waals surface area contributed by atoms with E-state index in [2.05, 4.69) is 20.9 Å². The van der Waals surface area contributed by atoms with Gasteiger partial charge < -0.3 is 5.73 Å². The van der Waals surface area contributed by atoms with Gasteiger partial charge in [0.15, 0.2) is 0 Å². The zero-order chi connectivity index (χ0) is 14.8. The minimum Gasteiger partial charge on any atom is -0.324 e. The molecule has 0 saturated heterocycles. The van der Waals surface area contributed by atoms with E-state index in [1.165, 1.54) is 6.07 Å². The Hall–Kier alpha value is -1.78. The standard InChI is InChI=1S/C17H14BrFN2/c18-11-5-6-12(21-10-11)9-17(20)15-7-8-16(19)14-4-2-1-3-13(14)15/h1-8,10,17H,9,20H2. The maximum absolute atomic E-state index is 13.8. The molecular weight excluding hydrogens is 331 g/mol. The number of halogens is 2. The first-order valence-electron chi connectivity index (χ1n) is 6.68. The molecule has 1 aromatic heterocycles. The lowest BCUT2D eigenvalue weighted by atomic mass is 9.96. The molecule has 3 rings (SSSR count).